The molecule has 0 saturated heterocycles. The molecule has 0 unspecified atom stereocenters. The molecule has 2 aromatic carbocycles. The number of Topliss-reactive ketones (excluding diaryl/α,β-unsaturated/α-hetero) is 1. The van der Waals surface area contributed by atoms with E-state index in [-0.39, 0.29) is 5.78 Å². The smallest absolute Gasteiger partial charge is 0.167 e. The van der Waals surface area contributed by atoms with Gasteiger partial charge >= 0.3 is 0 Å². The second-order valence-electron chi connectivity index (χ2n) is 4.48. The average Bonchev–Trinajstić information content (AvgIpc) is 2.42. The summed E-state index contributed by atoms with van der Waals surface area (Å²) in [4.78, 5) is 13.4. The molecule has 19 heavy (non-hydrogen) atoms. The number of carbonyl (C=O) groups is 1. The SMILES string of the molecule is CCSc1ccc(C(=O)Cc2ccccc2C)cc1. The van der Waals surface area contributed by atoms with Crippen LogP contribution in [0.3, 0.4) is 0 Å². The first-order valence-electron chi connectivity index (χ1n) is 6.51. The first kappa shape index (κ1) is 13.9. The Labute approximate surface area is 119 Å². The minimum Gasteiger partial charge on any atom is -0.294 e. The fourth-order valence-electron chi connectivity index (χ4n) is 1.99. The van der Waals surface area contributed by atoms with Crippen LogP contribution in [0.5, 0.6) is 0 Å². The molecule has 2 heteroatoms. The van der Waals surface area contributed by atoms with Crippen LogP contribution >= 0.6 is 11.8 Å². The molecule has 2 aromatic rings. The second kappa shape index (κ2) is 6.58. The zero-order chi connectivity index (χ0) is 13.7. The highest BCUT2D eigenvalue weighted by molar-refractivity contribution is 7.99. The van der Waals surface area contributed by atoms with Crippen molar-refractivity contribution in [2.75, 3.05) is 5.75 Å². The zero-order valence-corrected chi connectivity index (χ0v) is 12.2. The number of hydrogen-bond acceptors (Lipinski definition) is 2. The van der Waals surface area contributed by atoms with Gasteiger partial charge in [0.05, 0.1) is 0 Å². The van der Waals surface area contributed by atoms with E-state index in [4.69, 9.17) is 0 Å². The van der Waals surface area contributed by atoms with Gasteiger partial charge in [-0.05, 0) is 35.9 Å². The Morgan fingerprint density at radius 1 is 1.05 bits per heavy atom. The van der Waals surface area contributed by atoms with E-state index < -0.39 is 0 Å². The molecule has 0 amide bonds. The van der Waals surface area contributed by atoms with E-state index in [0.29, 0.717) is 6.42 Å². The van der Waals surface area contributed by atoms with Crippen molar-refractivity contribution < 1.29 is 4.79 Å². The predicted molar refractivity (Wildman–Crippen MR) is 82.1 cm³/mol. The summed E-state index contributed by atoms with van der Waals surface area (Å²) in [5.74, 6) is 1.23. The molecule has 0 aromatic heterocycles. The highest BCUT2D eigenvalue weighted by Gasteiger charge is 2.08. The molecule has 0 heterocycles. The summed E-state index contributed by atoms with van der Waals surface area (Å²) in [7, 11) is 0. The summed E-state index contributed by atoms with van der Waals surface area (Å²) in [5.41, 5.74) is 3.08. The van der Waals surface area contributed by atoms with E-state index in [1.165, 1.54) is 10.5 Å². The van der Waals surface area contributed by atoms with Crippen molar-refractivity contribution in [3.8, 4) is 0 Å². The summed E-state index contributed by atoms with van der Waals surface area (Å²) >= 11 is 1.79. The maximum atomic E-state index is 12.2. The Balaban J connectivity index is 2.10. The van der Waals surface area contributed by atoms with Gasteiger partial charge in [0.15, 0.2) is 5.78 Å². The first-order chi connectivity index (χ1) is 9.20. The summed E-state index contributed by atoms with van der Waals surface area (Å²) in [6, 6.07) is 16.0. The summed E-state index contributed by atoms with van der Waals surface area (Å²) in [5, 5.41) is 0. The van der Waals surface area contributed by atoms with Crippen LogP contribution in [0.15, 0.2) is 53.4 Å². The Kier molecular flexibility index (Phi) is 4.80. The highest BCUT2D eigenvalue weighted by atomic mass is 32.2. The third kappa shape index (κ3) is 3.71. The van der Waals surface area contributed by atoms with Gasteiger partial charge in [0, 0.05) is 16.9 Å². The molecule has 0 bridgehead atoms. The molecule has 0 saturated carbocycles. The minimum absolute atomic E-state index is 0.183. The Morgan fingerprint density at radius 3 is 2.37 bits per heavy atom. The summed E-state index contributed by atoms with van der Waals surface area (Å²) in [6.07, 6.45) is 0.479. The van der Waals surface area contributed by atoms with Crippen LogP contribution in [0.25, 0.3) is 0 Å². The lowest BCUT2D eigenvalue weighted by Crippen LogP contribution is -2.04. The van der Waals surface area contributed by atoms with E-state index in [1.54, 1.807) is 11.8 Å². The molecular formula is C17H18OS. The summed E-state index contributed by atoms with van der Waals surface area (Å²) < 4.78 is 0. The molecule has 0 fully saturated rings. The third-order valence-corrected chi connectivity index (χ3v) is 3.99. The normalized spacial score (nSPS) is 10.4. The van der Waals surface area contributed by atoms with Gasteiger partial charge < -0.3 is 0 Å². The lowest BCUT2D eigenvalue weighted by molar-refractivity contribution is 0.0992. The van der Waals surface area contributed by atoms with Crippen LogP contribution in [0.4, 0.5) is 0 Å². The molecule has 0 aliphatic heterocycles. The van der Waals surface area contributed by atoms with Gasteiger partial charge in [0.25, 0.3) is 0 Å². The van der Waals surface area contributed by atoms with Gasteiger partial charge in [-0.3, -0.25) is 4.79 Å². The molecule has 0 N–H and O–H groups in total. The maximum absolute atomic E-state index is 12.2. The number of hydrogen-bond donors (Lipinski definition) is 0. The third-order valence-electron chi connectivity index (χ3n) is 3.10. The van der Waals surface area contributed by atoms with Crippen molar-refractivity contribution in [2.24, 2.45) is 0 Å². The second-order valence-corrected chi connectivity index (χ2v) is 5.82. The van der Waals surface area contributed by atoms with E-state index in [9.17, 15) is 4.79 Å². The first-order valence-corrected chi connectivity index (χ1v) is 7.50. The standard InChI is InChI=1S/C17H18OS/c1-3-19-16-10-8-14(9-11-16)17(18)12-15-7-5-4-6-13(15)2/h4-11H,3,12H2,1-2H3. The van der Waals surface area contributed by atoms with Crippen molar-refractivity contribution in [3.05, 3.63) is 65.2 Å². The number of rotatable bonds is 5. The van der Waals surface area contributed by atoms with Crippen molar-refractivity contribution in [2.45, 2.75) is 25.2 Å². The van der Waals surface area contributed by atoms with E-state index >= 15 is 0 Å². The molecule has 0 aliphatic carbocycles. The van der Waals surface area contributed by atoms with Crippen LogP contribution in [-0.4, -0.2) is 11.5 Å². The number of aryl methyl sites for hydroxylation is 1. The van der Waals surface area contributed by atoms with Crippen molar-refractivity contribution >= 4 is 17.5 Å². The fraction of sp³-hybridized carbons (Fsp3) is 0.235. The molecule has 0 radical (unpaired) electrons. The minimum atomic E-state index is 0.183. The van der Waals surface area contributed by atoms with Gasteiger partial charge in [0.2, 0.25) is 0 Å². The maximum Gasteiger partial charge on any atom is 0.167 e. The van der Waals surface area contributed by atoms with Crippen LogP contribution in [0.2, 0.25) is 0 Å². The van der Waals surface area contributed by atoms with Crippen LogP contribution in [0.1, 0.15) is 28.4 Å². The Morgan fingerprint density at radius 2 is 1.74 bits per heavy atom. The predicted octanol–water partition coefficient (Wildman–Crippen LogP) is 4.53. The highest BCUT2D eigenvalue weighted by Crippen LogP contribution is 2.19. The molecule has 0 spiro atoms. The molecule has 98 valence electrons. The van der Waals surface area contributed by atoms with Crippen molar-refractivity contribution in [3.63, 3.8) is 0 Å². The average molecular weight is 270 g/mol. The van der Waals surface area contributed by atoms with Crippen molar-refractivity contribution in [1.29, 1.82) is 0 Å². The lowest BCUT2D eigenvalue weighted by atomic mass is 10.00. The number of ketones is 1. The largest absolute Gasteiger partial charge is 0.294 e. The number of thioether (sulfide) groups is 1. The van der Waals surface area contributed by atoms with Gasteiger partial charge in [-0.2, -0.15) is 0 Å². The Bertz CT molecular complexity index is 558. The molecule has 1 nitrogen and oxygen atoms in total. The van der Waals surface area contributed by atoms with Crippen LogP contribution in [-0.2, 0) is 6.42 Å². The molecule has 0 atom stereocenters. The number of benzene rings is 2. The van der Waals surface area contributed by atoms with Gasteiger partial charge in [-0.25, -0.2) is 0 Å². The molecule has 2 rings (SSSR count). The topological polar surface area (TPSA) is 17.1 Å². The van der Waals surface area contributed by atoms with Crippen LogP contribution < -0.4 is 0 Å². The van der Waals surface area contributed by atoms with Gasteiger partial charge in [-0.1, -0.05) is 43.3 Å². The fourth-order valence-corrected chi connectivity index (χ4v) is 2.65. The van der Waals surface area contributed by atoms with Gasteiger partial charge in [-0.15, -0.1) is 11.8 Å². The lowest BCUT2D eigenvalue weighted by Gasteiger charge is -2.05. The zero-order valence-electron chi connectivity index (χ0n) is 11.3. The summed E-state index contributed by atoms with van der Waals surface area (Å²) in [6.45, 7) is 4.17. The Hall–Kier alpha value is -1.54. The van der Waals surface area contributed by atoms with Crippen LogP contribution in [0, 0.1) is 6.92 Å². The van der Waals surface area contributed by atoms with E-state index in [1.807, 2.05) is 55.5 Å². The van der Waals surface area contributed by atoms with E-state index in [2.05, 4.69) is 6.92 Å². The van der Waals surface area contributed by atoms with E-state index in [0.717, 1.165) is 16.9 Å². The van der Waals surface area contributed by atoms with Gasteiger partial charge in [0.1, 0.15) is 0 Å². The number of carbonyl (C=O) groups excluding carboxylic acids is 1. The quantitative estimate of drug-likeness (QED) is 0.586. The molecule has 0 aliphatic rings. The monoisotopic (exact) mass is 270 g/mol. The molecular weight excluding hydrogens is 252 g/mol. The van der Waals surface area contributed by atoms with Crippen molar-refractivity contribution in [1.82, 2.24) is 0 Å².